The maximum absolute atomic E-state index is 11.9. The number of rotatable bonds is 9. The van der Waals surface area contributed by atoms with Gasteiger partial charge in [-0.3, -0.25) is 14.9 Å². The summed E-state index contributed by atoms with van der Waals surface area (Å²) in [6, 6.07) is 13.6. The van der Waals surface area contributed by atoms with Crippen molar-refractivity contribution in [3.8, 4) is 16.3 Å². The number of aryl methyl sites for hydroxylation is 1. The highest BCUT2D eigenvalue weighted by Crippen LogP contribution is 2.25. The first-order valence-corrected chi connectivity index (χ1v) is 9.79. The summed E-state index contributed by atoms with van der Waals surface area (Å²) in [5.74, 6) is 0.385. The third-order valence-electron chi connectivity index (χ3n) is 3.94. The molecule has 2 aromatic carbocycles. The van der Waals surface area contributed by atoms with Crippen LogP contribution < -0.4 is 15.4 Å². The molecule has 0 radical (unpaired) electrons. The number of benzene rings is 2. The second kappa shape index (κ2) is 9.65. The van der Waals surface area contributed by atoms with Crippen LogP contribution in [0.5, 0.6) is 5.75 Å². The molecule has 29 heavy (non-hydrogen) atoms. The summed E-state index contributed by atoms with van der Waals surface area (Å²) >= 11 is 1.59. The number of nitro benzene ring substituents is 1. The first kappa shape index (κ1) is 20.3. The maximum Gasteiger partial charge on any atom is 0.269 e. The fraction of sp³-hybridized carbons (Fsp3) is 0.200. The van der Waals surface area contributed by atoms with Crippen molar-refractivity contribution in [3.63, 3.8) is 0 Å². The van der Waals surface area contributed by atoms with Gasteiger partial charge in [-0.25, -0.2) is 4.98 Å². The average Bonchev–Trinajstić information content (AvgIpc) is 3.16. The predicted molar refractivity (Wildman–Crippen MR) is 112 cm³/mol. The molecule has 0 fully saturated rings. The lowest BCUT2D eigenvalue weighted by Crippen LogP contribution is -2.32. The molecule has 0 aliphatic heterocycles. The van der Waals surface area contributed by atoms with Gasteiger partial charge in [0.1, 0.15) is 10.8 Å². The van der Waals surface area contributed by atoms with Crippen molar-refractivity contribution in [2.75, 3.05) is 25.0 Å². The first-order valence-electron chi connectivity index (χ1n) is 8.91. The Morgan fingerprint density at radius 3 is 2.48 bits per heavy atom. The van der Waals surface area contributed by atoms with Crippen LogP contribution in [-0.4, -0.2) is 35.5 Å². The number of amides is 1. The molecule has 9 heteroatoms. The van der Waals surface area contributed by atoms with Crippen LogP contribution in [0.4, 0.5) is 11.4 Å². The third-order valence-corrected chi connectivity index (χ3v) is 4.95. The molecule has 8 nitrogen and oxygen atoms in total. The van der Waals surface area contributed by atoms with E-state index in [9.17, 15) is 14.9 Å². The number of carbonyl (C=O) groups is 1. The minimum Gasteiger partial charge on any atom is -0.484 e. The molecule has 0 aliphatic carbocycles. The summed E-state index contributed by atoms with van der Waals surface area (Å²) in [5, 5.41) is 19.4. The molecule has 0 aliphatic rings. The van der Waals surface area contributed by atoms with E-state index in [1.54, 1.807) is 23.5 Å². The van der Waals surface area contributed by atoms with Gasteiger partial charge in [-0.15, -0.1) is 11.3 Å². The van der Waals surface area contributed by atoms with Crippen molar-refractivity contribution in [2.24, 2.45) is 0 Å². The summed E-state index contributed by atoms with van der Waals surface area (Å²) < 4.78 is 5.50. The number of anilines is 1. The smallest absolute Gasteiger partial charge is 0.269 e. The van der Waals surface area contributed by atoms with Crippen molar-refractivity contribution in [1.82, 2.24) is 10.3 Å². The van der Waals surface area contributed by atoms with Crippen LogP contribution in [0.25, 0.3) is 10.6 Å². The molecule has 1 aromatic heterocycles. The van der Waals surface area contributed by atoms with Crippen molar-refractivity contribution in [2.45, 2.75) is 6.92 Å². The van der Waals surface area contributed by atoms with Gasteiger partial charge < -0.3 is 15.4 Å². The maximum atomic E-state index is 11.9. The summed E-state index contributed by atoms with van der Waals surface area (Å²) in [7, 11) is 0. The van der Waals surface area contributed by atoms with Gasteiger partial charge in [-0.05, 0) is 43.3 Å². The highest BCUT2D eigenvalue weighted by molar-refractivity contribution is 7.13. The lowest BCUT2D eigenvalue weighted by atomic mass is 10.2. The zero-order chi connectivity index (χ0) is 20.6. The Morgan fingerprint density at radius 1 is 1.14 bits per heavy atom. The Kier molecular flexibility index (Phi) is 6.75. The van der Waals surface area contributed by atoms with E-state index >= 15 is 0 Å². The molecule has 2 N–H and O–H groups in total. The largest absolute Gasteiger partial charge is 0.484 e. The van der Waals surface area contributed by atoms with Crippen molar-refractivity contribution >= 4 is 28.6 Å². The molecule has 0 saturated heterocycles. The number of thiazole rings is 1. The number of nitrogens with one attached hydrogen (secondary N) is 2. The van der Waals surface area contributed by atoms with E-state index in [1.165, 1.54) is 12.1 Å². The van der Waals surface area contributed by atoms with Gasteiger partial charge in [-0.1, -0.05) is 0 Å². The van der Waals surface area contributed by atoms with E-state index in [1.807, 2.05) is 36.6 Å². The van der Waals surface area contributed by atoms with Crippen molar-refractivity contribution < 1.29 is 14.5 Å². The Morgan fingerprint density at radius 2 is 1.86 bits per heavy atom. The SMILES string of the molecule is Cc1csc(-c2ccc(OCC(=O)NCCNc3ccc([N+](=O)[O-])cc3)cc2)n1. The monoisotopic (exact) mass is 412 g/mol. The van der Waals surface area contributed by atoms with Crippen LogP contribution in [0.15, 0.2) is 53.9 Å². The molecule has 0 atom stereocenters. The van der Waals surface area contributed by atoms with Gasteiger partial charge in [0.15, 0.2) is 6.61 Å². The predicted octanol–water partition coefficient (Wildman–Crippen LogP) is 3.63. The molecule has 150 valence electrons. The summed E-state index contributed by atoms with van der Waals surface area (Å²) in [6.45, 7) is 2.78. The van der Waals surface area contributed by atoms with Crippen molar-refractivity contribution in [1.29, 1.82) is 0 Å². The highest BCUT2D eigenvalue weighted by atomic mass is 32.1. The Hall–Kier alpha value is -3.46. The number of aromatic nitrogens is 1. The molecule has 0 spiro atoms. The minimum atomic E-state index is -0.447. The number of non-ortho nitro benzene ring substituents is 1. The molecule has 0 saturated carbocycles. The van der Waals surface area contributed by atoms with Crippen LogP contribution in [0, 0.1) is 17.0 Å². The van der Waals surface area contributed by atoms with Crippen LogP contribution in [0.1, 0.15) is 5.69 Å². The van der Waals surface area contributed by atoms with E-state index in [0.717, 1.165) is 22.0 Å². The van der Waals surface area contributed by atoms with E-state index in [2.05, 4.69) is 15.6 Å². The molecule has 1 amide bonds. The fourth-order valence-electron chi connectivity index (χ4n) is 2.49. The lowest BCUT2D eigenvalue weighted by molar-refractivity contribution is -0.384. The Balaban J connectivity index is 1.36. The standard InChI is InChI=1S/C20H20N4O4S/c1-14-13-29-20(23-14)15-2-8-18(9-3-15)28-12-19(25)22-11-10-21-16-4-6-17(7-5-16)24(26)27/h2-9,13,21H,10-12H2,1H3,(H,22,25). The second-order valence-corrected chi connectivity index (χ2v) is 7.05. The molecule has 0 bridgehead atoms. The number of nitrogens with zero attached hydrogens (tertiary/aromatic N) is 2. The lowest BCUT2D eigenvalue weighted by Gasteiger charge is -2.09. The number of ether oxygens (including phenoxy) is 1. The molecule has 1 heterocycles. The zero-order valence-corrected chi connectivity index (χ0v) is 16.6. The Labute approximate surface area is 171 Å². The van der Waals surface area contributed by atoms with Gasteiger partial charge in [-0.2, -0.15) is 0 Å². The molecular weight excluding hydrogens is 392 g/mol. The number of hydrogen-bond donors (Lipinski definition) is 2. The summed E-state index contributed by atoms with van der Waals surface area (Å²) in [6.07, 6.45) is 0. The molecule has 3 aromatic rings. The third kappa shape index (κ3) is 6.01. The summed E-state index contributed by atoms with van der Waals surface area (Å²) in [5.41, 5.74) is 2.79. The molecule has 0 unspecified atom stereocenters. The highest BCUT2D eigenvalue weighted by Gasteiger charge is 2.06. The van der Waals surface area contributed by atoms with Gasteiger partial charge >= 0.3 is 0 Å². The van der Waals surface area contributed by atoms with Gasteiger partial charge in [0.05, 0.1) is 4.92 Å². The van der Waals surface area contributed by atoms with E-state index < -0.39 is 4.92 Å². The number of nitro groups is 1. The van der Waals surface area contributed by atoms with Crippen LogP contribution in [0.3, 0.4) is 0 Å². The molecular formula is C20H20N4O4S. The molecule has 3 rings (SSSR count). The first-order chi connectivity index (χ1) is 14.0. The Bertz CT molecular complexity index is 971. The summed E-state index contributed by atoms with van der Waals surface area (Å²) in [4.78, 5) is 26.5. The normalized spacial score (nSPS) is 10.4. The van der Waals surface area contributed by atoms with Crippen LogP contribution >= 0.6 is 11.3 Å². The van der Waals surface area contributed by atoms with Gasteiger partial charge in [0.2, 0.25) is 0 Å². The average molecular weight is 412 g/mol. The number of hydrogen-bond acceptors (Lipinski definition) is 7. The minimum absolute atomic E-state index is 0.0378. The van der Waals surface area contributed by atoms with Gasteiger partial charge in [0, 0.05) is 47.5 Å². The van der Waals surface area contributed by atoms with Crippen molar-refractivity contribution in [3.05, 3.63) is 69.7 Å². The van der Waals surface area contributed by atoms with Gasteiger partial charge in [0.25, 0.3) is 11.6 Å². The van der Waals surface area contributed by atoms with E-state index in [-0.39, 0.29) is 18.2 Å². The second-order valence-electron chi connectivity index (χ2n) is 6.19. The van der Waals surface area contributed by atoms with E-state index in [4.69, 9.17) is 4.74 Å². The van der Waals surface area contributed by atoms with E-state index in [0.29, 0.717) is 18.8 Å². The van der Waals surface area contributed by atoms with Crippen LogP contribution in [-0.2, 0) is 4.79 Å². The quantitative estimate of drug-likeness (QED) is 0.316. The van der Waals surface area contributed by atoms with Crippen LogP contribution in [0.2, 0.25) is 0 Å². The fourth-order valence-corrected chi connectivity index (χ4v) is 3.29. The zero-order valence-electron chi connectivity index (χ0n) is 15.8. The number of carbonyl (C=O) groups excluding carboxylic acids is 1. The topological polar surface area (TPSA) is 106 Å².